The summed E-state index contributed by atoms with van der Waals surface area (Å²) < 4.78 is 8.01. The molecule has 0 aliphatic carbocycles. The highest BCUT2D eigenvalue weighted by Gasteiger charge is 2.19. The molecule has 7 heteroatoms. The molecule has 130 valence electrons. The van der Waals surface area contributed by atoms with E-state index in [9.17, 15) is 10.1 Å². The van der Waals surface area contributed by atoms with Gasteiger partial charge >= 0.3 is 0 Å². The molecule has 3 rings (SSSR count). The molecule has 0 unspecified atom stereocenters. The zero-order valence-electron chi connectivity index (χ0n) is 13.8. The average molecular weight is 404 g/mol. The third kappa shape index (κ3) is 4.28. The Hall–Kier alpha value is -2.14. The summed E-state index contributed by atoms with van der Waals surface area (Å²) in [6.45, 7) is 4.90. The van der Waals surface area contributed by atoms with Crippen molar-refractivity contribution in [2.75, 3.05) is 39.4 Å². The molecule has 1 amide bonds. The first kappa shape index (κ1) is 17.7. The summed E-state index contributed by atoms with van der Waals surface area (Å²) in [5.74, 6) is -0.228. The smallest absolute Gasteiger partial charge is 0.269 e. The van der Waals surface area contributed by atoms with Gasteiger partial charge in [-0.2, -0.15) is 5.26 Å². The highest BCUT2D eigenvalue weighted by atomic mass is 79.9. The Labute approximate surface area is 155 Å². The lowest BCUT2D eigenvalue weighted by molar-refractivity contribution is -0.906. The van der Waals surface area contributed by atoms with E-state index in [1.807, 2.05) is 24.3 Å². The summed E-state index contributed by atoms with van der Waals surface area (Å²) in [5, 5.41) is 12.3. The summed E-state index contributed by atoms with van der Waals surface area (Å²) in [7, 11) is 0. The van der Waals surface area contributed by atoms with Crippen molar-refractivity contribution in [3.63, 3.8) is 0 Å². The number of rotatable bonds is 5. The molecule has 0 saturated carbocycles. The van der Waals surface area contributed by atoms with E-state index in [2.05, 4.69) is 27.3 Å². The Morgan fingerprint density at radius 1 is 1.36 bits per heavy atom. The van der Waals surface area contributed by atoms with E-state index in [1.54, 1.807) is 16.8 Å². The van der Waals surface area contributed by atoms with Crippen LogP contribution in [0.15, 0.2) is 41.0 Å². The molecule has 1 aromatic heterocycles. The summed E-state index contributed by atoms with van der Waals surface area (Å²) in [6.07, 6.45) is 1.75. The molecule has 1 aromatic carbocycles. The monoisotopic (exact) mass is 403 g/mol. The number of carbonyl (C=O) groups is 1. The molecule has 2 aromatic rings. The van der Waals surface area contributed by atoms with Gasteiger partial charge in [0.25, 0.3) is 5.91 Å². The topological polar surface area (TPSA) is 71.5 Å². The number of amides is 1. The van der Waals surface area contributed by atoms with Gasteiger partial charge in [0, 0.05) is 16.4 Å². The van der Waals surface area contributed by atoms with Crippen LogP contribution < -0.4 is 10.2 Å². The van der Waals surface area contributed by atoms with E-state index in [0.29, 0.717) is 17.8 Å². The van der Waals surface area contributed by atoms with E-state index in [0.717, 1.165) is 43.0 Å². The Balaban J connectivity index is 1.73. The van der Waals surface area contributed by atoms with E-state index >= 15 is 0 Å². The Morgan fingerprint density at radius 2 is 2.16 bits per heavy atom. The second-order valence-electron chi connectivity index (χ2n) is 5.91. The van der Waals surface area contributed by atoms with Crippen LogP contribution in [-0.4, -0.2) is 49.9 Å². The van der Waals surface area contributed by atoms with Crippen LogP contribution in [0.4, 0.5) is 0 Å². The third-order valence-corrected chi connectivity index (χ3v) is 4.77. The normalized spacial score (nSPS) is 14.9. The van der Waals surface area contributed by atoms with Crippen LogP contribution >= 0.6 is 15.9 Å². The van der Waals surface area contributed by atoms with Gasteiger partial charge in [-0.25, -0.2) is 0 Å². The van der Waals surface area contributed by atoms with Crippen molar-refractivity contribution in [3.8, 4) is 11.8 Å². The Morgan fingerprint density at radius 3 is 2.88 bits per heavy atom. The van der Waals surface area contributed by atoms with E-state index in [1.165, 1.54) is 4.90 Å². The molecule has 1 aliphatic heterocycles. The maximum absolute atomic E-state index is 12.7. The van der Waals surface area contributed by atoms with Crippen LogP contribution in [0.1, 0.15) is 16.1 Å². The Kier molecular flexibility index (Phi) is 5.87. The number of morpholine rings is 1. The first-order valence-electron chi connectivity index (χ1n) is 8.26. The van der Waals surface area contributed by atoms with Crippen LogP contribution in [0.25, 0.3) is 5.69 Å². The number of halogens is 1. The van der Waals surface area contributed by atoms with Gasteiger partial charge < -0.3 is 19.5 Å². The SMILES string of the molecule is N#Cc1ccn(-c2cccc(Br)c2)c1C(=O)NCC[NH+]1CCOCC1. The summed E-state index contributed by atoms with van der Waals surface area (Å²) in [6, 6.07) is 11.4. The van der Waals surface area contributed by atoms with Gasteiger partial charge in [-0.05, 0) is 24.3 Å². The van der Waals surface area contributed by atoms with Crippen molar-refractivity contribution in [2.45, 2.75) is 0 Å². The highest BCUT2D eigenvalue weighted by Crippen LogP contribution is 2.20. The molecule has 2 heterocycles. The van der Waals surface area contributed by atoms with Crippen molar-refractivity contribution in [3.05, 3.63) is 52.3 Å². The first-order valence-corrected chi connectivity index (χ1v) is 9.05. The Bertz CT molecular complexity index is 791. The number of nitrogens with one attached hydrogen (secondary N) is 2. The maximum atomic E-state index is 12.7. The highest BCUT2D eigenvalue weighted by molar-refractivity contribution is 9.10. The number of aromatic nitrogens is 1. The number of nitriles is 1. The molecule has 0 bridgehead atoms. The van der Waals surface area contributed by atoms with E-state index in [-0.39, 0.29) is 5.91 Å². The standard InChI is InChI=1S/C18H19BrN4O2/c19-15-2-1-3-16(12-15)23-6-4-14(13-20)17(23)18(24)21-5-7-22-8-10-25-11-9-22/h1-4,6,12H,5,7-11H2,(H,21,24)/p+1. The number of carbonyl (C=O) groups excluding carboxylic acids is 1. The molecule has 1 saturated heterocycles. The van der Waals surface area contributed by atoms with Crippen molar-refractivity contribution < 1.29 is 14.4 Å². The summed E-state index contributed by atoms with van der Waals surface area (Å²) in [5.41, 5.74) is 1.58. The van der Waals surface area contributed by atoms with E-state index < -0.39 is 0 Å². The number of benzene rings is 1. The number of hydrogen-bond acceptors (Lipinski definition) is 3. The molecule has 1 aliphatic rings. The van der Waals surface area contributed by atoms with Crippen LogP contribution in [0.3, 0.4) is 0 Å². The molecule has 0 spiro atoms. The fraction of sp³-hybridized carbons (Fsp3) is 0.333. The second kappa shape index (κ2) is 8.30. The fourth-order valence-electron chi connectivity index (χ4n) is 2.94. The lowest BCUT2D eigenvalue weighted by Gasteiger charge is -2.23. The minimum absolute atomic E-state index is 0.228. The van der Waals surface area contributed by atoms with Gasteiger partial charge in [-0.1, -0.05) is 22.0 Å². The van der Waals surface area contributed by atoms with Gasteiger partial charge in [-0.15, -0.1) is 0 Å². The zero-order valence-corrected chi connectivity index (χ0v) is 15.4. The first-order chi connectivity index (χ1) is 12.2. The van der Waals surface area contributed by atoms with Crippen LogP contribution in [-0.2, 0) is 4.74 Å². The minimum Gasteiger partial charge on any atom is -0.370 e. The molecule has 6 nitrogen and oxygen atoms in total. The van der Waals surface area contributed by atoms with Gasteiger partial charge in [0.1, 0.15) is 24.9 Å². The molecule has 25 heavy (non-hydrogen) atoms. The average Bonchev–Trinajstić information content (AvgIpc) is 3.07. The molecule has 2 N–H and O–H groups in total. The van der Waals surface area contributed by atoms with Gasteiger partial charge in [0.15, 0.2) is 0 Å². The molecule has 0 atom stereocenters. The van der Waals surface area contributed by atoms with Crippen LogP contribution in [0.2, 0.25) is 0 Å². The number of ether oxygens (including phenoxy) is 1. The second-order valence-corrected chi connectivity index (χ2v) is 6.82. The maximum Gasteiger partial charge on any atom is 0.269 e. The van der Waals surface area contributed by atoms with Crippen molar-refractivity contribution in [1.29, 1.82) is 5.26 Å². The summed E-state index contributed by atoms with van der Waals surface area (Å²) in [4.78, 5) is 14.1. The lowest BCUT2D eigenvalue weighted by atomic mass is 10.2. The quantitative estimate of drug-likeness (QED) is 0.773. The fourth-order valence-corrected chi connectivity index (χ4v) is 3.33. The third-order valence-electron chi connectivity index (χ3n) is 4.27. The number of nitrogens with zero attached hydrogens (tertiary/aromatic N) is 2. The number of quaternary nitrogens is 1. The predicted molar refractivity (Wildman–Crippen MR) is 96.9 cm³/mol. The molecular weight excluding hydrogens is 384 g/mol. The molecule has 0 radical (unpaired) electrons. The van der Waals surface area contributed by atoms with Crippen molar-refractivity contribution in [1.82, 2.24) is 9.88 Å². The lowest BCUT2D eigenvalue weighted by Crippen LogP contribution is -3.14. The number of hydrogen-bond donors (Lipinski definition) is 2. The molecular formula is C18H20BrN4O2+. The summed E-state index contributed by atoms with van der Waals surface area (Å²) >= 11 is 3.44. The van der Waals surface area contributed by atoms with Crippen LogP contribution in [0.5, 0.6) is 0 Å². The minimum atomic E-state index is -0.228. The van der Waals surface area contributed by atoms with Gasteiger partial charge in [0.2, 0.25) is 0 Å². The van der Waals surface area contributed by atoms with Crippen molar-refractivity contribution in [2.24, 2.45) is 0 Å². The van der Waals surface area contributed by atoms with Crippen LogP contribution in [0, 0.1) is 11.3 Å². The van der Waals surface area contributed by atoms with Gasteiger partial charge in [0.05, 0.1) is 31.9 Å². The van der Waals surface area contributed by atoms with E-state index in [4.69, 9.17) is 4.74 Å². The van der Waals surface area contributed by atoms with Gasteiger partial charge in [-0.3, -0.25) is 4.79 Å². The largest absolute Gasteiger partial charge is 0.370 e. The zero-order chi connectivity index (χ0) is 17.6. The van der Waals surface area contributed by atoms with Crippen molar-refractivity contribution >= 4 is 21.8 Å². The molecule has 1 fully saturated rings. The predicted octanol–water partition coefficient (Wildman–Crippen LogP) is 0.756.